The van der Waals surface area contributed by atoms with Crippen LogP contribution in [0.1, 0.15) is 19.3 Å². The van der Waals surface area contributed by atoms with Gasteiger partial charge < -0.3 is 5.73 Å². The van der Waals surface area contributed by atoms with Crippen LogP contribution >= 0.6 is 23.4 Å². The number of rotatable bonds is 4. The molecule has 1 atom stereocenters. The van der Waals surface area contributed by atoms with Crippen LogP contribution in [0, 0.1) is 5.92 Å². The maximum atomic E-state index is 6.11. The highest BCUT2D eigenvalue weighted by atomic mass is 35.5. The minimum Gasteiger partial charge on any atom is -0.327 e. The monoisotopic (exact) mass is 241 g/mol. The Hall–Kier alpha value is -0.180. The molecular weight excluding hydrogens is 226 g/mol. The van der Waals surface area contributed by atoms with Crippen LogP contribution < -0.4 is 5.73 Å². The van der Waals surface area contributed by atoms with Crippen molar-refractivity contribution in [2.75, 3.05) is 5.75 Å². The summed E-state index contributed by atoms with van der Waals surface area (Å²) >= 11 is 7.65. The maximum absolute atomic E-state index is 6.11. The number of benzene rings is 1. The van der Waals surface area contributed by atoms with Gasteiger partial charge in [-0.25, -0.2) is 0 Å². The highest BCUT2D eigenvalue weighted by Gasteiger charge is 2.24. The van der Waals surface area contributed by atoms with Crippen LogP contribution in [0.3, 0.4) is 0 Å². The lowest BCUT2D eigenvalue weighted by atomic mass is 9.81. The summed E-state index contributed by atoms with van der Waals surface area (Å²) in [5.41, 5.74) is 6.11. The molecular formula is C12H16ClNS. The van der Waals surface area contributed by atoms with Crippen molar-refractivity contribution in [1.29, 1.82) is 0 Å². The van der Waals surface area contributed by atoms with Gasteiger partial charge in [-0.3, -0.25) is 0 Å². The molecule has 15 heavy (non-hydrogen) atoms. The van der Waals surface area contributed by atoms with E-state index in [1.165, 1.54) is 24.2 Å². The van der Waals surface area contributed by atoms with E-state index in [9.17, 15) is 0 Å². The highest BCUT2D eigenvalue weighted by Crippen LogP contribution is 2.31. The van der Waals surface area contributed by atoms with E-state index in [1.54, 1.807) is 0 Å². The Kier molecular flexibility index (Phi) is 3.95. The fourth-order valence-corrected chi connectivity index (χ4v) is 2.84. The Morgan fingerprint density at radius 2 is 2.00 bits per heavy atom. The number of nitrogens with two attached hydrogens (primary N) is 1. The van der Waals surface area contributed by atoms with Gasteiger partial charge in [0, 0.05) is 21.7 Å². The number of hydrogen-bond donors (Lipinski definition) is 1. The molecule has 0 aromatic heterocycles. The lowest BCUT2D eigenvalue weighted by Crippen LogP contribution is -2.36. The standard InChI is InChI=1S/C12H16ClNS/c13-10-4-6-11(7-5-10)15-8-12(14)9-2-1-3-9/h4-7,9,12H,1-3,8,14H2. The Balaban J connectivity index is 1.79. The molecule has 2 N–H and O–H groups in total. The van der Waals surface area contributed by atoms with Gasteiger partial charge in [-0.05, 0) is 43.0 Å². The third-order valence-corrected chi connectivity index (χ3v) is 4.42. The van der Waals surface area contributed by atoms with Gasteiger partial charge in [0.1, 0.15) is 0 Å². The van der Waals surface area contributed by atoms with E-state index < -0.39 is 0 Å². The molecule has 82 valence electrons. The van der Waals surface area contributed by atoms with Crippen molar-refractivity contribution in [3.63, 3.8) is 0 Å². The van der Waals surface area contributed by atoms with Crippen molar-refractivity contribution in [2.24, 2.45) is 11.7 Å². The molecule has 1 nitrogen and oxygen atoms in total. The first-order valence-corrected chi connectivity index (χ1v) is 6.76. The van der Waals surface area contributed by atoms with E-state index in [0.29, 0.717) is 6.04 Å². The van der Waals surface area contributed by atoms with Crippen molar-refractivity contribution >= 4 is 23.4 Å². The summed E-state index contributed by atoms with van der Waals surface area (Å²) in [6.07, 6.45) is 4.01. The van der Waals surface area contributed by atoms with E-state index in [-0.39, 0.29) is 0 Å². The molecule has 1 saturated carbocycles. The SMILES string of the molecule is NC(CSc1ccc(Cl)cc1)C1CCC1. The Morgan fingerprint density at radius 1 is 1.33 bits per heavy atom. The van der Waals surface area contributed by atoms with E-state index in [2.05, 4.69) is 12.1 Å². The van der Waals surface area contributed by atoms with Crippen LogP contribution in [-0.4, -0.2) is 11.8 Å². The molecule has 0 bridgehead atoms. The smallest absolute Gasteiger partial charge is 0.0406 e. The predicted molar refractivity (Wildman–Crippen MR) is 67.5 cm³/mol. The number of hydrogen-bond acceptors (Lipinski definition) is 2. The van der Waals surface area contributed by atoms with Crippen molar-refractivity contribution < 1.29 is 0 Å². The van der Waals surface area contributed by atoms with Crippen LogP contribution in [0.15, 0.2) is 29.2 Å². The van der Waals surface area contributed by atoms with Crippen molar-refractivity contribution in [1.82, 2.24) is 0 Å². The van der Waals surface area contributed by atoms with Gasteiger partial charge >= 0.3 is 0 Å². The predicted octanol–water partition coefficient (Wildman–Crippen LogP) is 3.56. The lowest BCUT2D eigenvalue weighted by molar-refractivity contribution is 0.276. The molecule has 1 aliphatic carbocycles. The van der Waals surface area contributed by atoms with Gasteiger partial charge in [0.15, 0.2) is 0 Å². The maximum Gasteiger partial charge on any atom is 0.0406 e. The molecule has 1 fully saturated rings. The second-order valence-corrected chi connectivity index (χ2v) is 5.65. The van der Waals surface area contributed by atoms with Gasteiger partial charge in [0.05, 0.1) is 0 Å². The second kappa shape index (κ2) is 5.24. The average Bonchev–Trinajstić information content (AvgIpc) is 2.14. The van der Waals surface area contributed by atoms with E-state index >= 15 is 0 Å². The largest absolute Gasteiger partial charge is 0.327 e. The summed E-state index contributed by atoms with van der Waals surface area (Å²) in [5.74, 6) is 1.79. The Morgan fingerprint density at radius 3 is 2.53 bits per heavy atom. The number of thioether (sulfide) groups is 1. The van der Waals surface area contributed by atoms with Crippen molar-refractivity contribution in [3.05, 3.63) is 29.3 Å². The third kappa shape index (κ3) is 3.13. The van der Waals surface area contributed by atoms with Crippen LogP contribution in [0.5, 0.6) is 0 Å². The van der Waals surface area contributed by atoms with Gasteiger partial charge in [-0.15, -0.1) is 11.8 Å². The third-order valence-electron chi connectivity index (χ3n) is 3.01. The van der Waals surface area contributed by atoms with Gasteiger partial charge in [-0.1, -0.05) is 18.0 Å². The topological polar surface area (TPSA) is 26.0 Å². The summed E-state index contributed by atoms with van der Waals surface area (Å²) in [4.78, 5) is 1.26. The fourth-order valence-electron chi connectivity index (χ4n) is 1.73. The molecule has 0 spiro atoms. The zero-order chi connectivity index (χ0) is 10.7. The van der Waals surface area contributed by atoms with E-state index in [4.69, 9.17) is 17.3 Å². The molecule has 1 aromatic rings. The lowest BCUT2D eigenvalue weighted by Gasteiger charge is -2.30. The summed E-state index contributed by atoms with van der Waals surface area (Å²) in [6.45, 7) is 0. The van der Waals surface area contributed by atoms with Crippen molar-refractivity contribution in [3.8, 4) is 0 Å². The van der Waals surface area contributed by atoms with Crippen LogP contribution in [0.4, 0.5) is 0 Å². The first-order valence-electron chi connectivity index (χ1n) is 5.39. The molecule has 3 heteroatoms. The molecule has 1 unspecified atom stereocenters. The summed E-state index contributed by atoms with van der Waals surface area (Å²) < 4.78 is 0. The average molecular weight is 242 g/mol. The number of halogens is 1. The molecule has 0 radical (unpaired) electrons. The second-order valence-electron chi connectivity index (χ2n) is 4.12. The highest BCUT2D eigenvalue weighted by molar-refractivity contribution is 7.99. The van der Waals surface area contributed by atoms with Crippen LogP contribution in [0.25, 0.3) is 0 Å². The Labute approximate surface area is 100 Å². The zero-order valence-electron chi connectivity index (χ0n) is 8.66. The summed E-state index contributed by atoms with van der Waals surface area (Å²) in [7, 11) is 0. The Bertz CT molecular complexity index is 308. The first-order chi connectivity index (χ1) is 7.25. The zero-order valence-corrected chi connectivity index (χ0v) is 10.2. The quantitative estimate of drug-likeness (QED) is 0.816. The molecule has 1 aliphatic rings. The van der Waals surface area contributed by atoms with E-state index in [0.717, 1.165) is 16.7 Å². The first kappa shape index (κ1) is 11.3. The van der Waals surface area contributed by atoms with Crippen molar-refractivity contribution in [2.45, 2.75) is 30.2 Å². The minimum absolute atomic E-state index is 0.361. The van der Waals surface area contributed by atoms with Gasteiger partial charge in [0.2, 0.25) is 0 Å². The molecule has 2 rings (SSSR count). The minimum atomic E-state index is 0.361. The van der Waals surface area contributed by atoms with Gasteiger partial charge in [0.25, 0.3) is 0 Å². The molecule has 1 aromatic carbocycles. The molecule has 0 saturated heterocycles. The normalized spacial score (nSPS) is 18.5. The van der Waals surface area contributed by atoms with Gasteiger partial charge in [-0.2, -0.15) is 0 Å². The summed E-state index contributed by atoms with van der Waals surface area (Å²) in [5, 5.41) is 0.794. The summed E-state index contributed by atoms with van der Waals surface area (Å²) in [6, 6.07) is 8.33. The van der Waals surface area contributed by atoms with Crippen LogP contribution in [-0.2, 0) is 0 Å². The molecule has 0 aliphatic heterocycles. The van der Waals surface area contributed by atoms with Crippen LogP contribution in [0.2, 0.25) is 5.02 Å². The van der Waals surface area contributed by atoms with E-state index in [1.807, 2.05) is 23.9 Å². The fraction of sp³-hybridized carbons (Fsp3) is 0.500. The molecule has 0 amide bonds. The molecule has 0 heterocycles.